The molecular formula is C12H16N6O3S2. The molecule has 9 nitrogen and oxygen atoms in total. The molecule has 0 radical (unpaired) electrons. The maximum atomic E-state index is 12.5. The summed E-state index contributed by atoms with van der Waals surface area (Å²) in [6.45, 7) is 2.00. The molecule has 4 rings (SSSR count). The average Bonchev–Trinajstić information content (AvgIpc) is 3.07. The lowest BCUT2D eigenvalue weighted by Gasteiger charge is -2.48. The number of hydrogen-bond acceptors (Lipinski definition) is 10. The van der Waals surface area contributed by atoms with Crippen molar-refractivity contribution in [2.45, 2.75) is 23.6 Å². The average molecular weight is 356 g/mol. The number of nitrogens with zero attached hydrogens (tertiary/aromatic N) is 4. The highest BCUT2D eigenvalue weighted by molar-refractivity contribution is 8.01. The second kappa shape index (κ2) is 5.30. The van der Waals surface area contributed by atoms with Crippen LogP contribution in [-0.4, -0.2) is 68.2 Å². The summed E-state index contributed by atoms with van der Waals surface area (Å²) in [6, 6.07) is -0.552. The van der Waals surface area contributed by atoms with Crippen molar-refractivity contribution < 1.29 is 14.3 Å². The summed E-state index contributed by atoms with van der Waals surface area (Å²) in [7, 11) is 1.89. The van der Waals surface area contributed by atoms with Crippen LogP contribution in [0.15, 0.2) is 16.4 Å². The van der Waals surface area contributed by atoms with E-state index >= 15 is 0 Å². The van der Waals surface area contributed by atoms with Gasteiger partial charge in [0.15, 0.2) is 5.84 Å². The van der Waals surface area contributed by atoms with Crippen LogP contribution >= 0.6 is 23.7 Å². The summed E-state index contributed by atoms with van der Waals surface area (Å²) in [6.07, 6.45) is 0. The summed E-state index contributed by atoms with van der Waals surface area (Å²) in [5, 5.41) is 5.83. The lowest BCUT2D eigenvalue weighted by atomic mass is 10.0. The summed E-state index contributed by atoms with van der Waals surface area (Å²) in [4.78, 5) is 26.1. The van der Waals surface area contributed by atoms with Gasteiger partial charge in [0.2, 0.25) is 5.91 Å². The van der Waals surface area contributed by atoms with Gasteiger partial charge in [0.1, 0.15) is 22.4 Å². The Bertz CT molecular complexity index is 653. The van der Waals surface area contributed by atoms with Crippen LogP contribution in [0.1, 0.15) is 6.92 Å². The Morgan fingerprint density at radius 1 is 1.57 bits per heavy atom. The molecular weight excluding hydrogens is 340 g/mol. The van der Waals surface area contributed by atoms with E-state index < -0.39 is 12.0 Å². The number of nitrogens with one attached hydrogen (secondary N) is 1. The lowest BCUT2D eigenvalue weighted by molar-refractivity contribution is -0.150. The van der Waals surface area contributed by atoms with Crippen LogP contribution in [0.25, 0.3) is 0 Å². The molecule has 0 spiro atoms. The third-order valence-corrected chi connectivity index (χ3v) is 6.67. The standard InChI is InChI=1S/C12H16N6O3S2/c1-3-21-12(20)7-5(4-22-11-6(13)10(19)17(7)11)8-9-14-15-18(23-8)16(9)2/h6,8,11,15H,3-4,13H2,1-2H3/t6?,8?,11-/m0/s1. The first kappa shape index (κ1) is 15.1. The molecule has 2 fully saturated rings. The fraction of sp³-hybridized carbons (Fsp3) is 0.583. The van der Waals surface area contributed by atoms with Crippen molar-refractivity contribution in [1.82, 2.24) is 20.0 Å². The quantitative estimate of drug-likeness (QED) is 0.376. The fourth-order valence-corrected chi connectivity index (χ4v) is 5.52. The van der Waals surface area contributed by atoms with E-state index in [1.807, 2.05) is 12.1 Å². The molecule has 0 aromatic carbocycles. The second-order valence-electron chi connectivity index (χ2n) is 5.38. The molecule has 0 aromatic rings. The van der Waals surface area contributed by atoms with Gasteiger partial charge in [0, 0.05) is 12.8 Å². The molecule has 0 aromatic heterocycles. The van der Waals surface area contributed by atoms with Crippen LogP contribution in [0.4, 0.5) is 0 Å². The fourth-order valence-electron chi connectivity index (χ4n) is 2.94. The Morgan fingerprint density at radius 2 is 2.35 bits per heavy atom. The minimum Gasteiger partial charge on any atom is -0.461 e. The number of β-lactam (4-membered cyclic amide) rings is 1. The molecule has 4 atom stereocenters. The molecule has 3 unspecified atom stereocenters. The Kier molecular flexibility index (Phi) is 3.48. The number of carbonyl (C=O) groups is 2. The number of amides is 1. The highest BCUT2D eigenvalue weighted by atomic mass is 32.2. The van der Waals surface area contributed by atoms with Crippen molar-refractivity contribution >= 4 is 41.4 Å². The third kappa shape index (κ3) is 2.00. The number of thioether (sulfide) groups is 1. The minimum atomic E-state index is -0.552. The molecule has 11 heteroatoms. The Hall–Kier alpha value is -1.43. The van der Waals surface area contributed by atoms with E-state index in [2.05, 4.69) is 10.6 Å². The molecule has 4 aliphatic rings. The largest absolute Gasteiger partial charge is 0.461 e. The van der Waals surface area contributed by atoms with Gasteiger partial charge >= 0.3 is 5.97 Å². The highest BCUT2D eigenvalue weighted by Gasteiger charge is 2.54. The molecule has 124 valence electrons. The molecule has 2 saturated heterocycles. The van der Waals surface area contributed by atoms with E-state index in [4.69, 9.17) is 10.5 Å². The predicted octanol–water partition coefficient (Wildman–Crippen LogP) is -0.943. The topological polar surface area (TPSA) is 103 Å². The highest BCUT2D eigenvalue weighted by Crippen LogP contribution is 2.45. The van der Waals surface area contributed by atoms with Gasteiger partial charge in [0.05, 0.1) is 6.61 Å². The Morgan fingerprint density at radius 3 is 2.96 bits per heavy atom. The number of rotatable bonds is 3. The molecule has 0 aliphatic carbocycles. The van der Waals surface area contributed by atoms with Crippen LogP contribution in [-0.2, 0) is 14.3 Å². The third-order valence-electron chi connectivity index (χ3n) is 4.12. The molecule has 4 heterocycles. The van der Waals surface area contributed by atoms with Gasteiger partial charge in [-0.3, -0.25) is 14.7 Å². The van der Waals surface area contributed by atoms with Crippen molar-refractivity contribution in [3.05, 3.63) is 11.3 Å². The number of ether oxygens (including phenoxy) is 1. The van der Waals surface area contributed by atoms with Crippen molar-refractivity contribution in [3.63, 3.8) is 0 Å². The van der Waals surface area contributed by atoms with Gasteiger partial charge in [-0.25, -0.2) is 10.3 Å². The van der Waals surface area contributed by atoms with E-state index in [-0.39, 0.29) is 23.1 Å². The monoisotopic (exact) mass is 356 g/mol. The van der Waals surface area contributed by atoms with E-state index in [1.165, 1.54) is 16.8 Å². The SMILES string of the molecule is CCOC(=O)C1=C(C2SN3NN=C2N3C)CS[C@H]2C(N)C(=O)N12. The molecule has 0 saturated carbocycles. The smallest absolute Gasteiger partial charge is 0.355 e. The van der Waals surface area contributed by atoms with Gasteiger partial charge in [-0.05, 0) is 24.4 Å². The zero-order valence-corrected chi connectivity index (χ0v) is 14.2. The Labute approximate surface area is 141 Å². The lowest BCUT2D eigenvalue weighted by Crippen LogP contribution is -2.68. The van der Waals surface area contributed by atoms with Crippen LogP contribution in [0.2, 0.25) is 0 Å². The zero-order valence-electron chi connectivity index (χ0n) is 12.6. The van der Waals surface area contributed by atoms with Gasteiger partial charge in [-0.15, -0.1) is 16.9 Å². The number of nitrogens with two attached hydrogens (primary N) is 1. The summed E-state index contributed by atoms with van der Waals surface area (Å²) >= 11 is 3.09. The molecule has 3 N–H and O–H groups in total. The van der Waals surface area contributed by atoms with Crippen LogP contribution in [0, 0.1) is 0 Å². The Balaban J connectivity index is 1.74. The van der Waals surface area contributed by atoms with Crippen molar-refractivity contribution in [2.75, 3.05) is 19.4 Å². The number of hydrazone groups is 1. The molecule has 2 bridgehead atoms. The number of fused-ring (bicyclic) bond motifs is 3. The first-order valence-corrected chi connectivity index (χ1v) is 9.07. The number of esters is 1. The summed E-state index contributed by atoms with van der Waals surface area (Å²) in [5.41, 5.74) is 9.90. The van der Waals surface area contributed by atoms with Gasteiger partial charge < -0.3 is 10.5 Å². The molecule has 1 amide bonds. The molecule has 4 aliphatic heterocycles. The first-order valence-electron chi connectivity index (χ1n) is 7.18. The predicted molar refractivity (Wildman–Crippen MR) is 86.3 cm³/mol. The summed E-state index contributed by atoms with van der Waals surface area (Å²) < 4.78 is 6.97. The normalized spacial score (nSPS) is 34.9. The van der Waals surface area contributed by atoms with E-state index in [1.54, 1.807) is 23.2 Å². The maximum absolute atomic E-state index is 12.5. The van der Waals surface area contributed by atoms with Crippen molar-refractivity contribution in [3.8, 4) is 0 Å². The van der Waals surface area contributed by atoms with Crippen LogP contribution < -0.4 is 11.3 Å². The first-order chi connectivity index (χ1) is 11.0. The van der Waals surface area contributed by atoms with Crippen LogP contribution in [0.3, 0.4) is 0 Å². The zero-order chi connectivity index (χ0) is 16.3. The summed E-state index contributed by atoms with van der Waals surface area (Å²) in [5.74, 6) is 0.727. The minimum absolute atomic E-state index is 0.112. The van der Waals surface area contributed by atoms with Crippen molar-refractivity contribution in [1.29, 1.82) is 0 Å². The van der Waals surface area contributed by atoms with E-state index in [9.17, 15) is 9.59 Å². The van der Waals surface area contributed by atoms with Gasteiger partial charge in [-0.1, -0.05) is 4.52 Å². The molecule has 23 heavy (non-hydrogen) atoms. The maximum Gasteiger partial charge on any atom is 0.355 e. The van der Waals surface area contributed by atoms with Crippen molar-refractivity contribution in [2.24, 2.45) is 10.8 Å². The van der Waals surface area contributed by atoms with Gasteiger partial charge in [0.25, 0.3) is 0 Å². The number of hydrazine groups is 2. The number of hydrogen-bond donors (Lipinski definition) is 2. The van der Waals surface area contributed by atoms with E-state index in [0.717, 1.165) is 11.4 Å². The van der Waals surface area contributed by atoms with E-state index in [0.29, 0.717) is 11.4 Å². The van der Waals surface area contributed by atoms with Gasteiger partial charge in [-0.2, -0.15) is 0 Å². The van der Waals surface area contributed by atoms with Crippen LogP contribution in [0.5, 0.6) is 0 Å². The second-order valence-corrected chi connectivity index (χ2v) is 7.51. The number of carbonyl (C=O) groups excluding carboxylic acids is 2. The number of amidine groups is 1.